The molecular formula is C16H17FN4O3. The molecule has 24 heavy (non-hydrogen) atoms. The summed E-state index contributed by atoms with van der Waals surface area (Å²) in [5.74, 6) is -1.08. The van der Waals surface area contributed by atoms with E-state index in [4.69, 9.17) is 0 Å². The number of methoxy groups -OCH3 is 1. The van der Waals surface area contributed by atoms with E-state index in [1.54, 1.807) is 17.2 Å². The molecule has 2 heterocycles. The van der Waals surface area contributed by atoms with Crippen molar-refractivity contribution >= 4 is 17.7 Å². The monoisotopic (exact) mass is 332 g/mol. The topological polar surface area (TPSA) is 87.3 Å². The van der Waals surface area contributed by atoms with E-state index in [0.717, 1.165) is 17.7 Å². The molecule has 0 bridgehead atoms. The third-order valence-corrected chi connectivity index (χ3v) is 3.96. The normalized spacial score (nSPS) is 13.3. The molecule has 3 rings (SSSR count). The Balaban J connectivity index is 1.65. The molecule has 0 fully saturated rings. The molecule has 1 aliphatic rings. The molecule has 0 aliphatic carbocycles. The number of ether oxygens (including phenoxy) is 1. The lowest BCUT2D eigenvalue weighted by Crippen LogP contribution is -2.38. The van der Waals surface area contributed by atoms with Crippen LogP contribution < -0.4 is 5.32 Å². The van der Waals surface area contributed by atoms with Crippen molar-refractivity contribution in [3.8, 4) is 0 Å². The van der Waals surface area contributed by atoms with Crippen molar-refractivity contribution in [3.05, 3.63) is 47.0 Å². The van der Waals surface area contributed by atoms with E-state index >= 15 is 0 Å². The molecule has 2 amide bonds. The number of carbonyl (C=O) groups is 2. The number of nitrogens with one attached hydrogen (secondary N) is 2. The minimum atomic E-state index is -0.562. The fraction of sp³-hybridized carbons (Fsp3) is 0.312. The lowest BCUT2D eigenvalue weighted by molar-refractivity contribution is -0.139. The number of fused-ring (bicyclic) bond motifs is 1. The maximum Gasteiger partial charge on any atom is 0.322 e. The van der Waals surface area contributed by atoms with Gasteiger partial charge in [0.25, 0.3) is 0 Å². The summed E-state index contributed by atoms with van der Waals surface area (Å²) in [7, 11) is 1.25. The highest BCUT2D eigenvalue weighted by atomic mass is 19.1. The summed E-state index contributed by atoms with van der Waals surface area (Å²) >= 11 is 0. The standard InChI is InChI=1S/C16H17FN4O3/c1-24-15(22)6-10-2-3-12(7-13(10)17)19-16(23)21-5-4-11-8-18-20-14(11)9-21/h2-3,7-8H,4-6,9H2,1H3,(H,18,20)(H,19,23). The van der Waals surface area contributed by atoms with Gasteiger partial charge in [-0.2, -0.15) is 5.10 Å². The Labute approximate surface area is 137 Å². The molecule has 2 N–H and O–H groups in total. The molecule has 0 unspecified atom stereocenters. The van der Waals surface area contributed by atoms with Crippen molar-refractivity contribution in [2.24, 2.45) is 0 Å². The van der Waals surface area contributed by atoms with Gasteiger partial charge in [0.1, 0.15) is 5.82 Å². The van der Waals surface area contributed by atoms with E-state index in [1.165, 1.54) is 19.2 Å². The maximum atomic E-state index is 14.0. The largest absolute Gasteiger partial charge is 0.469 e. The third kappa shape index (κ3) is 3.37. The van der Waals surface area contributed by atoms with E-state index in [2.05, 4.69) is 20.3 Å². The smallest absolute Gasteiger partial charge is 0.322 e. The molecule has 8 heteroatoms. The number of aromatic nitrogens is 2. The average Bonchev–Trinajstić information content (AvgIpc) is 3.04. The Bertz CT molecular complexity index is 774. The number of aromatic amines is 1. The number of urea groups is 1. The highest BCUT2D eigenvalue weighted by molar-refractivity contribution is 5.89. The van der Waals surface area contributed by atoms with Crippen LogP contribution in [0.3, 0.4) is 0 Å². The first kappa shape index (κ1) is 16.0. The zero-order chi connectivity index (χ0) is 17.1. The van der Waals surface area contributed by atoms with Crippen molar-refractivity contribution in [2.75, 3.05) is 19.0 Å². The van der Waals surface area contributed by atoms with Crippen LogP contribution in [-0.2, 0) is 28.9 Å². The number of anilines is 1. The minimum absolute atomic E-state index is 0.148. The SMILES string of the molecule is COC(=O)Cc1ccc(NC(=O)N2CCc3cn[nH]c3C2)cc1F. The van der Waals surface area contributed by atoms with Crippen LogP contribution in [0.5, 0.6) is 0 Å². The lowest BCUT2D eigenvalue weighted by Gasteiger charge is -2.26. The van der Waals surface area contributed by atoms with Crippen LogP contribution in [0.25, 0.3) is 0 Å². The highest BCUT2D eigenvalue weighted by Crippen LogP contribution is 2.19. The van der Waals surface area contributed by atoms with E-state index in [1.807, 2.05) is 0 Å². The number of hydrogen-bond donors (Lipinski definition) is 2. The van der Waals surface area contributed by atoms with Crippen LogP contribution in [0.4, 0.5) is 14.9 Å². The molecule has 1 aliphatic heterocycles. The fourth-order valence-electron chi connectivity index (χ4n) is 2.59. The summed E-state index contributed by atoms with van der Waals surface area (Å²) in [4.78, 5) is 25.1. The van der Waals surface area contributed by atoms with Crippen molar-refractivity contribution in [2.45, 2.75) is 19.4 Å². The van der Waals surface area contributed by atoms with Crippen molar-refractivity contribution in [3.63, 3.8) is 0 Å². The summed E-state index contributed by atoms with van der Waals surface area (Å²) in [6, 6.07) is 3.91. The summed E-state index contributed by atoms with van der Waals surface area (Å²) in [5.41, 5.74) is 2.58. The number of nitrogens with zero attached hydrogens (tertiary/aromatic N) is 2. The van der Waals surface area contributed by atoms with Gasteiger partial charge >= 0.3 is 12.0 Å². The molecule has 126 valence electrons. The third-order valence-electron chi connectivity index (χ3n) is 3.96. The first-order valence-electron chi connectivity index (χ1n) is 7.49. The molecular weight excluding hydrogens is 315 g/mol. The van der Waals surface area contributed by atoms with E-state index < -0.39 is 11.8 Å². The van der Waals surface area contributed by atoms with Crippen LogP contribution >= 0.6 is 0 Å². The van der Waals surface area contributed by atoms with Crippen LogP contribution in [0.2, 0.25) is 0 Å². The maximum absolute atomic E-state index is 14.0. The summed E-state index contributed by atoms with van der Waals surface area (Å²) in [6.07, 6.45) is 2.34. The molecule has 7 nitrogen and oxygen atoms in total. The zero-order valence-corrected chi connectivity index (χ0v) is 13.1. The fourth-order valence-corrected chi connectivity index (χ4v) is 2.59. The van der Waals surface area contributed by atoms with E-state index in [0.29, 0.717) is 18.8 Å². The van der Waals surface area contributed by atoms with E-state index in [-0.39, 0.29) is 18.0 Å². The zero-order valence-electron chi connectivity index (χ0n) is 13.1. The molecule has 2 aromatic rings. The minimum Gasteiger partial charge on any atom is -0.469 e. The predicted octanol–water partition coefficient (Wildman–Crippen LogP) is 1.85. The summed E-state index contributed by atoms with van der Waals surface area (Å²) in [6.45, 7) is 1.01. The second-order valence-electron chi connectivity index (χ2n) is 5.53. The van der Waals surface area contributed by atoms with Crippen molar-refractivity contribution in [1.82, 2.24) is 15.1 Å². The number of benzene rings is 1. The quantitative estimate of drug-likeness (QED) is 0.840. The van der Waals surface area contributed by atoms with Gasteiger partial charge in [0, 0.05) is 12.2 Å². The molecule has 1 aromatic carbocycles. The van der Waals surface area contributed by atoms with Gasteiger partial charge in [0.05, 0.1) is 32.0 Å². The van der Waals surface area contributed by atoms with Crippen LogP contribution in [0.1, 0.15) is 16.8 Å². The number of H-pyrrole nitrogens is 1. The number of amides is 2. The van der Waals surface area contributed by atoms with Gasteiger partial charge in [-0.1, -0.05) is 6.07 Å². The van der Waals surface area contributed by atoms with Crippen LogP contribution in [-0.4, -0.2) is 40.8 Å². The molecule has 1 aromatic heterocycles. The van der Waals surface area contributed by atoms with E-state index in [9.17, 15) is 14.0 Å². The van der Waals surface area contributed by atoms with Crippen LogP contribution in [0.15, 0.2) is 24.4 Å². The molecule has 0 atom stereocenters. The number of esters is 1. The van der Waals surface area contributed by atoms with Gasteiger partial charge in [0.15, 0.2) is 0 Å². The van der Waals surface area contributed by atoms with Crippen molar-refractivity contribution in [1.29, 1.82) is 0 Å². The van der Waals surface area contributed by atoms with Gasteiger partial charge in [-0.05, 0) is 29.7 Å². The van der Waals surface area contributed by atoms with Gasteiger partial charge in [-0.3, -0.25) is 9.89 Å². The number of rotatable bonds is 3. The van der Waals surface area contributed by atoms with Gasteiger partial charge in [-0.25, -0.2) is 9.18 Å². The molecule has 0 radical (unpaired) electrons. The molecule has 0 spiro atoms. The first-order chi connectivity index (χ1) is 11.6. The number of halogens is 1. The Morgan fingerprint density at radius 3 is 3.04 bits per heavy atom. The highest BCUT2D eigenvalue weighted by Gasteiger charge is 2.22. The van der Waals surface area contributed by atoms with Gasteiger partial charge in [0.2, 0.25) is 0 Å². The van der Waals surface area contributed by atoms with Crippen molar-refractivity contribution < 1.29 is 18.7 Å². The van der Waals surface area contributed by atoms with Gasteiger partial charge < -0.3 is 15.0 Å². The van der Waals surface area contributed by atoms with Crippen LogP contribution in [0, 0.1) is 5.82 Å². The van der Waals surface area contributed by atoms with Gasteiger partial charge in [-0.15, -0.1) is 0 Å². The second kappa shape index (κ2) is 6.69. The Kier molecular flexibility index (Phi) is 4.45. The summed E-state index contributed by atoms with van der Waals surface area (Å²) in [5, 5.41) is 9.50. The second-order valence-corrected chi connectivity index (χ2v) is 5.53. The Morgan fingerprint density at radius 1 is 1.46 bits per heavy atom. The Morgan fingerprint density at radius 2 is 2.29 bits per heavy atom. The molecule has 0 saturated heterocycles. The average molecular weight is 332 g/mol. The summed E-state index contributed by atoms with van der Waals surface area (Å²) < 4.78 is 18.5. The lowest BCUT2D eigenvalue weighted by atomic mass is 10.1. The Hall–Kier alpha value is -2.90. The first-order valence-corrected chi connectivity index (χ1v) is 7.49. The number of hydrogen-bond acceptors (Lipinski definition) is 4. The predicted molar refractivity (Wildman–Crippen MR) is 83.8 cm³/mol. The molecule has 0 saturated carbocycles. The number of carbonyl (C=O) groups excluding carboxylic acids is 2.